The fourth-order valence-corrected chi connectivity index (χ4v) is 5.79. The number of carbonyl (C=O) groups excluding carboxylic acids is 1. The minimum atomic E-state index is -4.37. The van der Waals surface area contributed by atoms with Crippen LogP contribution in [-0.2, 0) is 19.1 Å². The summed E-state index contributed by atoms with van der Waals surface area (Å²) in [6.45, 7) is 0.366. The summed E-state index contributed by atoms with van der Waals surface area (Å²) in [6.07, 6.45) is 0.927. The van der Waals surface area contributed by atoms with Gasteiger partial charge in [0.2, 0.25) is 0 Å². The molecule has 3 saturated carbocycles. The molecular weight excluding hydrogens is 445 g/mol. The molecule has 4 aromatic rings. The molecule has 10 heteroatoms. The second-order valence-corrected chi connectivity index (χ2v) is 9.65. The van der Waals surface area contributed by atoms with E-state index in [0.717, 1.165) is 54.3 Å². The van der Waals surface area contributed by atoms with Crippen LogP contribution in [0.4, 0.5) is 13.2 Å². The smallest absolute Gasteiger partial charge is 0.346 e. The van der Waals surface area contributed by atoms with Gasteiger partial charge >= 0.3 is 6.18 Å². The van der Waals surface area contributed by atoms with Crippen LogP contribution in [0.25, 0.3) is 10.9 Å². The summed E-state index contributed by atoms with van der Waals surface area (Å²) in [5.41, 5.74) is 1.34. The number of alkyl halides is 3. The SMILES string of the molecule is O=C(NC12CC(Cc3nn[nH]n3)(C1)C2)c1cccc2ccn(Cc3ccc(C(F)(F)F)cc3)c12. The van der Waals surface area contributed by atoms with Crippen molar-refractivity contribution in [1.82, 2.24) is 30.5 Å². The van der Waals surface area contributed by atoms with Crippen molar-refractivity contribution in [2.45, 2.75) is 43.9 Å². The van der Waals surface area contributed by atoms with Crippen LogP contribution >= 0.6 is 0 Å². The van der Waals surface area contributed by atoms with Crippen LogP contribution in [0.5, 0.6) is 0 Å². The Morgan fingerprint density at radius 2 is 1.85 bits per heavy atom. The Morgan fingerprint density at radius 1 is 1.09 bits per heavy atom. The summed E-state index contributed by atoms with van der Waals surface area (Å²) in [5.74, 6) is 0.566. The first-order valence-corrected chi connectivity index (χ1v) is 11.0. The maximum atomic E-state index is 13.3. The van der Waals surface area contributed by atoms with Crippen LogP contribution in [0, 0.1) is 5.41 Å². The van der Waals surface area contributed by atoms with Crippen LogP contribution in [0.15, 0.2) is 54.7 Å². The number of aromatic nitrogens is 5. The van der Waals surface area contributed by atoms with Gasteiger partial charge in [-0.05, 0) is 54.5 Å². The molecule has 1 amide bonds. The Kier molecular flexibility index (Phi) is 4.39. The van der Waals surface area contributed by atoms with Gasteiger partial charge in [-0.1, -0.05) is 29.5 Å². The van der Waals surface area contributed by atoms with Gasteiger partial charge in [-0.3, -0.25) is 4.79 Å². The maximum Gasteiger partial charge on any atom is 0.416 e. The molecule has 34 heavy (non-hydrogen) atoms. The number of rotatable bonds is 6. The third kappa shape index (κ3) is 3.44. The molecule has 3 aliphatic rings. The van der Waals surface area contributed by atoms with E-state index in [0.29, 0.717) is 17.9 Å². The number of nitrogens with zero attached hydrogens (tertiary/aromatic N) is 4. The molecule has 0 radical (unpaired) electrons. The monoisotopic (exact) mass is 466 g/mol. The molecule has 0 atom stereocenters. The predicted octanol–water partition coefficient (Wildman–Crippen LogP) is 4.12. The summed E-state index contributed by atoms with van der Waals surface area (Å²) in [4.78, 5) is 13.3. The Morgan fingerprint density at radius 3 is 2.53 bits per heavy atom. The summed E-state index contributed by atoms with van der Waals surface area (Å²) in [5, 5.41) is 18.3. The Bertz CT molecular complexity index is 1350. The lowest BCUT2D eigenvalue weighted by molar-refractivity contribution is -0.147. The Hall–Kier alpha value is -3.69. The first-order valence-electron chi connectivity index (χ1n) is 11.0. The molecule has 2 aromatic heterocycles. The number of halogens is 3. The molecule has 0 saturated heterocycles. The van der Waals surface area contributed by atoms with Gasteiger partial charge in [0.1, 0.15) is 0 Å². The average molecular weight is 466 g/mol. The zero-order valence-electron chi connectivity index (χ0n) is 18.1. The third-order valence-corrected chi connectivity index (χ3v) is 7.11. The second-order valence-electron chi connectivity index (χ2n) is 9.65. The van der Waals surface area contributed by atoms with Crippen molar-refractivity contribution in [3.05, 3.63) is 77.2 Å². The van der Waals surface area contributed by atoms with E-state index >= 15 is 0 Å². The predicted molar refractivity (Wildman–Crippen MR) is 117 cm³/mol. The Labute approximate surface area is 192 Å². The molecule has 2 heterocycles. The number of carbonyl (C=O) groups is 1. The highest BCUT2D eigenvalue weighted by atomic mass is 19.4. The maximum absolute atomic E-state index is 13.3. The van der Waals surface area contributed by atoms with Crippen molar-refractivity contribution in [2.75, 3.05) is 0 Å². The largest absolute Gasteiger partial charge is 0.416 e. The number of benzene rings is 2. The van der Waals surface area contributed by atoms with E-state index in [1.165, 1.54) is 12.1 Å². The molecule has 174 valence electrons. The van der Waals surface area contributed by atoms with Crippen LogP contribution < -0.4 is 5.32 Å². The van der Waals surface area contributed by atoms with Crippen LogP contribution in [-0.4, -0.2) is 36.6 Å². The zero-order chi connectivity index (χ0) is 23.6. The van der Waals surface area contributed by atoms with E-state index in [9.17, 15) is 18.0 Å². The zero-order valence-corrected chi connectivity index (χ0v) is 18.1. The van der Waals surface area contributed by atoms with Gasteiger partial charge in [0.05, 0.1) is 16.6 Å². The molecule has 2 aromatic carbocycles. The number of hydrogen-bond donors (Lipinski definition) is 2. The molecule has 3 fully saturated rings. The standard InChI is InChI=1S/C24H21F3N6O/c25-24(26,27)17-6-4-15(5-7-17)11-33-9-8-16-2-1-3-18(20(16)33)21(34)28-23-12-22(13-23,14-23)10-19-29-31-32-30-19/h1-9H,10-14H2,(H,28,34)(H,29,30,31,32). The third-order valence-electron chi connectivity index (χ3n) is 7.11. The highest BCUT2D eigenvalue weighted by molar-refractivity contribution is 6.06. The highest BCUT2D eigenvalue weighted by Gasteiger charge is 2.68. The van der Waals surface area contributed by atoms with Gasteiger partial charge < -0.3 is 9.88 Å². The van der Waals surface area contributed by atoms with Crippen molar-refractivity contribution in [1.29, 1.82) is 0 Å². The van der Waals surface area contributed by atoms with Gasteiger partial charge in [0.25, 0.3) is 5.91 Å². The van der Waals surface area contributed by atoms with Crippen LogP contribution in [0.3, 0.4) is 0 Å². The normalized spacial score (nSPS) is 23.4. The number of para-hydroxylation sites is 1. The number of tetrazole rings is 1. The minimum Gasteiger partial charge on any atom is -0.346 e. The number of hydrogen-bond acceptors (Lipinski definition) is 4. The van der Waals surface area contributed by atoms with E-state index < -0.39 is 11.7 Å². The second kappa shape index (κ2) is 7.15. The number of H-pyrrole nitrogens is 1. The van der Waals surface area contributed by atoms with Crippen LogP contribution in [0.2, 0.25) is 0 Å². The fraction of sp³-hybridized carbons (Fsp3) is 0.333. The van der Waals surface area contributed by atoms with Gasteiger partial charge in [-0.25, -0.2) is 0 Å². The summed E-state index contributed by atoms with van der Waals surface area (Å²) < 4.78 is 40.5. The lowest BCUT2D eigenvalue weighted by Gasteiger charge is -2.70. The average Bonchev–Trinajstić information content (AvgIpc) is 3.41. The van der Waals surface area contributed by atoms with Gasteiger partial charge in [0, 0.05) is 30.1 Å². The molecule has 3 aliphatic carbocycles. The first-order chi connectivity index (χ1) is 16.2. The lowest BCUT2D eigenvalue weighted by atomic mass is 9.38. The van der Waals surface area contributed by atoms with Gasteiger partial charge in [0.15, 0.2) is 5.82 Å². The first kappa shape index (κ1) is 20.9. The molecule has 7 rings (SSSR count). The number of amides is 1. The minimum absolute atomic E-state index is 0.133. The van der Waals surface area contributed by atoms with E-state index in [4.69, 9.17) is 0 Å². The van der Waals surface area contributed by atoms with E-state index in [1.807, 2.05) is 29.0 Å². The molecule has 2 bridgehead atoms. The fourth-order valence-electron chi connectivity index (χ4n) is 5.79. The molecular formula is C24H21F3N6O. The number of fused-ring (bicyclic) bond motifs is 1. The Balaban J connectivity index is 1.19. The van der Waals surface area contributed by atoms with E-state index in [-0.39, 0.29) is 16.9 Å². The van der Waals surface area contributed by atoms with Gasteiger partial charge in [-0.15, -0.1) is 10.2 Å². The quantitative estimate of drug-likeness (QED) is 0.448. The van der Waals surface area contributed by atoms with Crippen molar-refractivity contribution >= 4 is 16.8 Å². The van der Waals surface area contributed by atoms with Crippen molar-refractivity contribution in [3.8, 4) is 0 Å². The van der Waals surface area contributed by atoms with Crippen molar-refractivity contribution in [3.63, 3.8) is 0 Å². The van der Waals surface area contributed by atoms with Crippen molar-refractivity contribution < 1.29 is 18.0 Å². The molecule has 0 aliphatic heterocycles. The van der Waals surface area contributed by atoms with Gasteiger partial charge in [-0.2, -0.15) is 18.4 Å². The van der Waals surface area contributed by atoms with Crippen LogP contribution in [0.1, 0.15) is 46.6 Å². The summed E-state index contributed by atoms with van der Waals surface area (Å²) >= 11 is 0. The highest BCUT2D eigenvalue weighted by Crippen LogP contribution is 2.68. The molecule has 7 nitrogen and oxygen atoms in total. The number of nitrogens with one attached hydrogen (secondary N) is 2. The molecule has 0 unspecified atom stereocenters. The molecule has 2 N–H and O–H groups in total. The lowest BCUT2D eigenvalue weighted by Crippen LogP contribution is -2.75. The summed E-state index contributed by atoms with van der Waals surface area (Å²) in [6, 6.07) is 12.6. The number of aromatic amines is 1. The summed E-state index contributed by atoms with van der Waals surface area (Å²) in [7, 11) is 0. The molecule has 0 spiro atoms. The van der Waals surface area contributed by atoms with E-state index in [1.54, 1.807) is 6.07 Å². The topological polar surface area (TPSA) is 88.5 Å². The van der Waals surface area contributed by atoms with E-state index in [2.05, 4.69) is 25.9 Å². The van der Waals surface area contributed by atoms with Crippen molar-refractivity contribution in [2.24, 2.45) is 5.41 Å².